The van der Waals surface area contributed by atoms with Gasteiger partial charge in [0.05, 0.1) is 12.3 Å². The molecular formula is C11H15N3OS. The number of thiocarbonyl (C=S) groups is 1. The minimum Gasteiger partial charge on any atom is -0.494 e. The Hall–Kier alpha value is -1.62. The van der Waals surface area contributed by atoms with Gasteiger partial charge in [-0.05, 0) is 38.2 Å². The molecular weight excluding hydrogens is 222 g/mol. The molecule has 0 heterocycles. The molecule has 0 bridgehead atoms. The fourth-order valence-electron chi connectivity index (χ4n) is 1.18. The monoisotopic (exact) mass is 237 g/mol. The van der Waals surface area contributed by atoms with Gasteiger partial charge in [-0.2, -0.15) is 5.10 Å². The Balaban J connectivity index is 2.82. The smallest absolute Gasteiger partial charge is 0.184 e. The average molecular weight is 237 g/mol. The van der Waals surface area contributed by atoms with Crippen LogP contribution in [0, 0.1) is 0 Å². The van der Waals surface area contributed by atoms with E-state index in [0.29, 0.717) is 6.61 Å². The van der Waals surface area contributed by atoms with Crippen LogP contribution in [-0.2, 0) is 0 Å². The fraction of sp³-hybridized carbons (Fsp3) is 0.273. The maximum atomic E-state index is 5.40. The Kier molecular flexibility index (Phi) is 4.72. The van der Waals surface area contributed by atoms with Crippen LogP contribution in [0.25, 0.3) is 0 Å². The summed E-state index contributed by atoms with van der Waals surface area (Å²) in [6, 6.07) is 7.69. The van der Waals surface area contributed by atoms with Crippen LogP contribution in [0.4, 0.5) is 0 Å². The van der Waals surface area contributed by atoms with Gasteiger partial charge in [0.2, 0.25) is 0 Å². The minimum atomic E-state index is 0.153. The Morgan fingerprint density at radius 1 is 1.56 bits per heavy atom. The fourth-order valence-corrected chi connectivity index (χ4v) is 1.23. The van der Waals surface area contributed by atoms with Crippen LogP contribution in [0.1, 0.15) is 19.4 Å². The van der Waals surface area contributed by atoms with Crippen LogP contribution in [-0.4, -0.2) is 17.4 Å². The van der Waals surface area contributed by atoms with Crippen LogP contribution in [0.2, 0.25) is 0 Å². The van der Waals surface area contributed by atoms with Gasteiger partial charge in [-0.15, -0.1) is 0 Å². The van der Waals surface area contributed by atoms with Crippen molar-refractivity contribution in [3.63, 3.8) is 0 Å². The number of nitrogens with zero attached hydrogens (tertiary/aromatic N) is 1. The molecule has 0 aromatic heterocycles. The third-order valence-electron chi connectivity index (χ3n) is 1.90. The Morgan fingerprint density at radius 3 is 2.94 bits per heavy atom. The van der Waals surface area contributed by atoms with Crippen LogP contribution in [0.3, 0.4) is 0 Å². The van der Waals surface area contributed by atoms with Crippen molar-refractivity contribution in [3.05, 3.63) is 29.8 Å². The summed E-state index contributed by atoms with van der Waals surface area (Å²) in [6.45, 7) is 4.46. The molecule has 0 unspecified atom stereocenters. The van der Waals surface area contributed by atoms with Crippen molar-refractivity contribution in [3.8, 4) is 5.75 Å². The number of benzene rings is 1. The van der Waals surface area contributed by atoms with E-state index in [1.165, 1.54) is 0 Å². The van der Waals surface area contributed by atoms with Crippen LogP contribution >= 0.6 is 12.2 Å². The number of ether oxygens (including phenoxy) is 1. The Labute approximate surface area is 100 Å². The molecule has 86 valence electrons. The zero-order chi connectivity index (χ0) is 12.0. The molecule has 5 heteroatoms. The van der Waals surface area contributed by atoms with Gasteiger partial charge in [0.15, 0.2) is 5.11 Å². The maximum Gasteiger partial charge on any atom is 0.184 e. The summed E-state index contributed by atoms with van der Waals surface area (Å²) in [7, 11) is 0. The second-order valence-electron chi connectivity index (χ2n) is 3.13. The van der Waals surface area contributed by atoms with E-state index >= 15 is 0 Å². The minimum absolute atomic E-state index is 0.153. The second kappa shape index (κ2) is 6.07. The second-order valence-corrected chi connectivity index (χ2v) is 3.57. The highest BCUT2D eigenvalue weighted by molar-refractivity contribution is 7.80. The predicted molar refractivity (Wildman–Crippen MR) is 69.7 cm³/mol. The van der Waals surface area contributed by atoms with E-state index in [-0.39, 0.29) is 5.11 Å². The van der Waals surface area contributed by atoms with E-state index in [9.17, 15) is 0 Å². The molecule has 0 aliphatic rings. The summed E-state index contributed by atoms with van der Waals surface area (Å²) in [5.41, 5.74) is 9.60. The highest BCUT2D eigenvalue weighted by Crippen LogP contribution is 2.13. The summed E-state index contributed by atoms with van der Waals surface area (Å²) in [4.78, 5) is 0. The molecule has 0 fully saturated rings. The summed E-state index contributed by atoms with van der Waals surface area (Å²) in [5.74, 6) is 0.824. The third kappa shape index (κ3) is 3.86. The normalized spacial score (nSPS) is 11.0. The van der Waals surface area contributed by atoms with Gasteiger partial charge in [0.25, 0.3) is 0 Å². The topological polar surface area (TPSA) is 59.6 Å². The number of nitrogens with two attached hydrogens (primary N) is 1. The van der Waals surface area contributed by atoms with Gasteiger partial charge in [-0.1, -0.05) is 12.1 Å². The predicted octanol–water partition coefficient (Wildman–Crippen LogP) is 1.64. The molecule has 0 saturated heterocycles. The largest absolute Gasteiger partial charge is 0.494 e. The lowest BCUT2D eigenvalue weighted by molar-refractivity contribution is 0.340. The molecule has 4 nitrogen and oxygen atoms in total. The third-order valence-corrected chi connectivity index (χ3v) is 1.99. The SMILES string of the molecule is CCOc1cccc(/C(C)=N/NC(N)=S)c1. The Bertz CT molecular complexity index is 404. The number of rotatable bonds is 4. The number of hydrogen-bond donors (Lipinski definition) is 2. The lowest BCUT2D eigenvalue weighted by atomic mass is 10.1. The van der Waals surface area contributed by atoms with Crippen LogP contribution in [0.15, 0.2) is 29.4 Å². The average Bonchev–Trinajstić information content (AvgIpc) is 2.26. The van der Waals surface area contributed by atoms with Crippen molar-refractivity contribution < 1.29 is 4.74 Å². The molecule has 0 atom stereocenters. The quantitative estimate of drug-likeness (QED) is 0.475. The van der Waals surface area contributed by atoms with Gasteiger partial charge >= 0.3 is 0 Å². The van der Waals surface area contributed by atoms with E-state index in [2.05, 4.69) is 22.7 Å². The molecule has 0 radical (unpaired) electrons. The summed E-state index contributed by atoms with van der Waals surface area (Å²) >= 11 is 4.67. The molecule has 16 heavy (non-hydrogen) atoms. The van der Waals surface area contributed by atoms with Crippen LogP contribution < -0.4 is 15.9 Å². The lowest BCUT2D eigenvalue weighted by Crippen LogP contribution is -2.25. The maximum absolute atomic E-state index is 5.40. The van der Waals surface area contributed by atoms with Crippen molar-refractivity contribution in [1.82, 2.24) is 5.43 Å². The number of nitrogens with one attached hydrogen (secondary N) is 1. The summed E-state index contributed by atoms with van der Waals surface area (Å²) < 4.78 is 5.40. The van der Waals surface area contributed by atoms with Crippen LogP contribution in [0.5, 0.6) is 5.75 Å². The van der Waals surface area contributed by atoms with E-state index in [1.54, 1.807) is 0 Å². The summed E-state index contributed by atoms with van der Waals surface area (Å²) in [6.07, 6.45) is 0. The molecule has 1 aromatic rings. The molecule has 1 rings (SSSR count). The van der Waals surface area contributed by atoms with Crippen molar-refractivity contribution in [2.24, 2.45) is 10.8 Å². The summed E-state index contributed by atoms with van der Waals surface area (Å²) in [5, 5.41) is 4.19. The van der Waals surface area contributed by atoms with Crippen molar-refractivity contribution >= 4 is 23.0 Å². The van der Waals surface area contributed by atoms with Gasteiger partial charge < -0.3 is 10.5 Å². The number of hydrogen-bond acceptors (Lipinski definition) is 3. The van der Waals surface area contributed by atoms with E-state index < -0.39 is 0 Å². The van der Waals surface area contributed by atoms with Gasteiger partial charge in [0.1, 0.15) is 5.75 Å². The van der Waals surface area contributed by atoms with E-state index in [1.807, 2.05) is 38.1 Å². The zero-order valence-corrected chi connectivity index (χ0v) is 10.2. The van der Waals surface area contributed by atoms with Gasteiger partial charge in [-0.3, -0.25) is 5.43 Å². The number of hydrazone groups is 1. The first-order valence-electron chi connectivity index (χ1n) is 4.96. The van der Waals surface area contributed by atoms with Crippen molar-refractivity contribution in [1.29, 1.82) is 0 Å². The molecule has 0 aliphatic heterocycles. The molecule has 0 amide bonds. The molecule has 0 saturated carbocycles. The molecule has 0 aliphatic carbocycles. The Morgan fingerprint density at radius 2 is 2.31 bits per heavy atom. The van der Waals surface area contributed by atoms with Crippen molar-refractivity contribution in [2.75, 3.05) is 6.61 Å². The first-order valence-corrected chi connectivity index (χ1v) is 5.37. The molecule has 3 N–H and O–H groups in total. The van der Waals surface area contributed by atoms with E-state index in [0.717, 1.165) is 17.0 Å². The molecule has 1 aromatic carbocycles. The molecule has 0 spiro atoms. The highest BCUT2D eigenvalue weighted by atomic mass is 32.1. The van der Waals surface area contributed by atoms with Gasteiger partial charge in [-0.25, -0.2) is 0 Å². The first kappa shape index (κ1) is 12.4. The lowest BCUT2D eigenvalue weighted by Gasteiger charge is -2.06. The first-order chi connectivity index (χ1) is 7.63. The zero-order valence-electron chi connectivity index (χ0n) is 9.36. The standard InChI is InChI=1S/C11H15N3OS/c1-3-15-10-6-4-5-9(7-10)8(2)13-14-11(12)16/h4-7H,3H2,1-2H3,(H3,12,14,16)/b13-8+. The van der Waals surface area contributed by atoms with E-state index in [4.69, 9.17) is 10.5 Å². The highest BCUT2D eigenvalue weighted by Gasteiger charge is 1.99. The van der Waals surface area contributed by atoms with Crippen molar-refractivity contribution in [2.45, 2.75) is 13.8 Å². The van der Waals surface area contributed by atoms with Gasteiger partial charge in [0, 0.05) is 5.56 Å².